The average molecular weight is 532 g/mol. The van der Waals surface area contributed by atoms with Gasteiger partial charge in [-0.05, 0) is 42.5 Å². The fourth-order valence-corrected chi connectivity index (χ4v) is 4.72. The second-order valence-corrected chi connectivity index (χ2v) is 9.69. The van der Waals surface area contributed by atoms with Gasteiger partial charge in [0.05, 0.1) is 27.1 Å². The maximum Gasteiger partial charge on any atom is 0.258 e. The van der Waals surface area contributed by atoms with E-state index in [1.807, 2.05) is 17.5 Å². The van der Waals surface area contributed by atoms with E-state index in [0.717, 1.165) is 10.5 Å². The van der Waals surface area contributed by atoms with Crippen LogP contribution in [0.4, 0.5) is 15.2 Å². The topological polar surface area (TPSA) is 71.1 Å². The van der Waals surface area contributed by atoms with E-state index in [2.05, 4.69) is 15.6 Å². The van der Waals surface area contributed by atoms with Crippen molar-refractivity contribution in [1.29, 1.82) is 0 Å². The van der Waals surface area contributed by atoms with Gasteiger partial charge < -0.3 is 10.6 Å². The molecule has 0 fully saturated rings. The van der Waals surface area contributed by atoms with Crippen LogP contribution >= 0.6 is 46.3 Å². The first kappa shape index (κ1) is 24.2. The van der Waals surface area contributed by atoms with E-state index in [1.54, 1.807) is 36.4 Å². The van der Waals surface area contributed by atoms with Crippen LogP contribution in [0.2, 0.25) is 10.0 Å². The standard InChI is InChI=1S/C24H16Cl2FN3O2S2/c25-18-9-8-14(10-19(18)26)21-12-34-24(29-21)30-22(31)13-33-16-5-3-4-15(11-16)28-23(32)17-6-1-2-7-20(17)27/h1-12H,13H2,(H,28,32)(H,29,30,31). The third kappa shape index (κ3) is 6.15. The maximum absolute atomic E-state index is 13.8. The molecule has 0 bridgehead atoms. The molecule has 0 aliphatic rings. The Morgan fingerprint density at radius 1 is 0.971 bits per heavy atom. The molecule has 34 heavy (non-hydrogen) atoms. The van der Waals surface area contributed by atoms with Gasteiger partial charge >= 0.3 is 0 Å². The van der Waals surface area contributed by atoms with Crippen LogP contribution in [-0.2, 0) is 4.79 Å². The number of amides is 2. The smallest absolute Gasteiger partial charge is 0.258 e. The third-order valence-corrected chi connectivity index (χ3v) is 7.04. The number of anilines is 2. The summed E-state index contributed by atoms with van der Waals surface area (Å²) in [6.45, 7) is 0. The van der Waals surface area contributed by atoms with Crippen molar-refractivity contribution < 1.29 is 14.0 Å². The number of halogens is 3. The minimum Gasteiger partial charge on any atom is -0.322 e. The summed E-state index contributed by atoms with van der Waals surface area (Å²) in [7, 11) is 0. The first-order valence-corrected chi connectivity index (χ1v) is 12.5. The quantitative estimate of drug-likeness (QED) is 0.246. The largest absolute Gasteiger partial charge is 0.322 e. The van der Waals surface area contributed by atoms with Gasteiger partial charge in [-0.15, -0.1) is 23.1 Å². The molecule has 0 aliphatic heterocycles. The molecule has 0 saturated carbocycles. The van der Waals surface area contributed by atoms with E-state index in [4.69, 9.17) is 23.2 Å². The number of hydrogen-bond acceptors (Lipinski definition) is 5. The van der Waals surface area contributed by atoms with Crippen LogP contribution in [0.25, 0.3) is 11.3 Å². The summed E-state index contributed by atoms with van der Waals surface area (Å²) in [5.74, 6) is -1.21. The average Bonchev–Trinajstić information content (AvgIpc) is 3.28. The Morgan fingerprint density at radius 2 is 1.79 bits per heavy atom. The van der Waals surface area contributed by atoms with Crippen molar-refractivity contribution >= 4 is 68.9 Å². The van der Waals surface area contributed by atoms with E-state index in [9.17, 15) is 14.0 Å². The summed E-state index contributed by atoms with van der Waals surface area (Å²) in [5, 5.41) is 8.64. The summed E-state index contributed by atoms with van der Waals surface area (Å²) in [6, 6.07) is 18.0. The van der Waals surface area contributed by atoms with Crippen molar-refractivity contribution in [1.82, 2.24) is 4.98 Å². The molecular formula is C24H16Cl2FN3O2S2. The highest BCUT2D eigenvalue weighted by molar-refractivity contribution is 8.00. The summed E-state index contributed by atoms with van der Waals surface area (Å²) in [5.41, 5.74) is 1.95. The molecule has 5 nitrogen and oxygen atoms in total. The van der Waals surface area contributed by atoms with E-state index in [-0.39, 0.29) is 17.2 Å². The summed E-state index contributed by atoms with van der Waals surface area (Å²) >= 11 is 14.6. The summed E-state index contributed by atoms with van der Waals surface area (Å²) in [6.07, 6.45) is 0. The van der Waals surface area contributed by atoms with Crippen molar-refractivity contribution in [2.24, 2.45) is 0 Å². The number of benzene rings is 3. The Balaban J connectivity index is 1.33. The molecule has 0 saturated heterocycles. The van der Waals surface area contributed by atoms with Gasteiger partial charge in [-0.25, -0.2) is 9.37 Å². The predicted molar refractivity (Wildman–Crippen MR) is 138 cm³/mol. The van der Waals surface area contributed by atoms with E-state index < -0.39 is 11.7 Å². The molecule has 10 heteroatoms. The fourth-order valence-electron chi connectivity index (χ4n) is 2.93. The third-order valence-electron chi connectivity index (χ3n) is 4.55. The molecule has 0 radical (unpaired) electrons. The first-order valence-electron chi connectivity index (χ1n) is 9.88. The summed E-state index contributed by atoms with van der Waals surface area (Å²) < 4.78 is 13.8. The highest BCUT2D eigenvalue weighted by Gasteiger charge is 2.12. The molecule has 4 aromatic rings. The zero-order chi connectivity index (χ0) is 24.1. The lowest BCUT2D eigenvalue weighted by atomic mass is 10.2. The van der Waals surface area contributed by atoms with Gasteiger partial charge in [0.25, 0.3) is 5.91 Å². The lowest BCUT2D eigenvalue weighted by Crippen LogP contribution is -2.14. The zero-order valence-electron chi connectivity index (χ0n) is 17.3. The molecular weight excluding hydrogens is 516 g/mol. The van der Waals surface area contributed by atoms with Gasteiger partial charge in [-0.1, -0.05) is 47.5 Å². The highest BCUT2D eigenvalue weighted by atomic mass is 35.5. The normalized spacial score (nSPS) is 10.7. The number of carbonyl (C=O) groups excluding carboxylic acids is 2. The van der Waals surface area contributed by atoms with Crippen LogP contribution in [-0.4, -0.2) is 22.6 Å². The number of nitrogens with one attached hydrogen (secondary N) is 2. The Labute approximate surface area is 213 Å². The van der Waals surface area contributed by atoms with Gasteiger partial charge in [0.1, 0.15) is 5.82 Å². The molecule has 0 spiro atoms. The number of carbonyl (C=O) groups is 2. The SMILES string of the molecule is O=C(CSc1cccc(NC(=O)c2ccccc2F)c1)Nc1nc(-c2ccc(Cl)c(Cl)c2)cs1. The van der Waals surface area contributed by atoms with Crippen molar-refractivity contribution in [3.63, 3.8) is 0 Å². The number of rotatable bonds is 7. The van der Waals surface area contributed by atoms with Crippen LogP contribution in [0.3, 0.4) is 0 Å². The molecule has 172 valence electrons. The van der Waals surface area contributed by atoms with E-state index in [0.29, 0.717) is 26.6 Å². The molecule has 1 aromatic heterocycles. The molecule has 0 unspecified atom stereocenters. The van der Waals surface area contributed by atoms with E-state index in [1.165, 1.54) is 41.3 Å². The lowest BCUT2D eigenvalue weighted by Gasteiger charge is -2.08. The number of aromatic nitrogens is 1. The Bertz CT molecular complexity index is 1360. The fraction of sp³-hybridized carbons (Fsp3) is 0.0417. The first-order chi connectivity index (χ1) is 16.4. The van der Waals surface area contributed by atoms with Crippen molar-refractivity contribution in [2.75, 3.05) is 16.4 Å². The second-order valence-electron chi connectivity index (χ2n) is 6.97. The van der Waals surface area contributed by atoms with Crippen molar-refractivity contribution in [3.8, 4) is 11.3 Å². The molecule has 2 amide bonds. The number of hydrogen-bond donors (Lipinski definition) is 2. The number of thiazole rings is 1. The van der Waals surface area contributed by atoms with Crippen molar-refractivity contribution in [2.45, 2.75) is 4.90 Å². The van der Waals surface area contributed by atoms with Gasteiger partial charge in [0.2, 0.25) is 5.91 Å². The molecule has 0 aliphatic carbocycles. The highest BCUT2D eigenvalue weighted by Crippen LogP contribution is 2.30. The molecule has 0 atom stereocenters. The van der Waals surface area contributed by atoms with Gasteiger partial charge in [0, 0.05) is 21.5 Å². The van der Waals surface area contributed by atoms with Crippen molar-refractivity contribution in [3.05, 3.63) is 93.5 Å². The maximum atomic E-state index is 13.8. The minimum atomic E-state index is -0.591. The van der Waals surface area contributed by atoms with E-state index >= 15 is 0 Å². The number of thioether (sulfide) groups is 1. The number of nitrogens with zero attached hydrogens (tertiary/aromatic N) is 1. The van der Waals surface area contributed by atoms with Crippen LogP contribution in [0, 0.1) is 5.82 Å². The molecule has 1 heterocycles. The van der Waals surface area contributed by atoms with Gasteiger partial charge in [-0.2, -0.15) is 0 Å². The predicted octanol–water partition coefficient (Wildman–Crippen LogP) is 7.24. The monoisotopic (exact) mass is 531 g/mol. The summed E-state index contributed by atoms with van der Waals surface area (Å²) in [4.78, 5) is 29.9. The second kappa shape index (κ2) is 11.0. The zero-order valence-corrected chi connectivity index (χ0v) is 20.5. The van der Waals surface area contributed by atoms with Gasteiger partial charge in [0.15, 0.2) is 5.13 Å². The van der Waals surface area contributed by atoms with Crippen LogP contribution in [0.15, 0.2) is 77.0 Å². The van der Waals surface area contributed by atoms with Crippen LogP contribution < -0.4 is 10.6 Å². The lowest BCUT2D eigenvalue weighted by molar-refractivity contribution is -0.113. The Morgan fingerprint density at radius 3 is 2.59 bits per heavy atom. The minimum absolute atomic E-state index is 0.0383. The Hall–Kier alpha value is -2.91. The molecule has 3 aromatic carbocycles. The molecule has 2 N–H and O–H groups in total. The molecule has 4 rings (SSSR count). The van der Waals surface area contributed by atoms with Gasteiger partial charge in [-0.3, -0.25) is 9.59 Å². The Kier molecular flexibility index (Phi) is 7.84. The van der Waals surface area contributed by atoms with Crippen LogP contribution in [0.1, 0.15) is 10.4 Å². The van der Waals surface area contributed by atoms with Crippen LogP contribution in [0.5, 0.6) is 0 Å².